The molecular formula is C21H26N6O. The Hall–Kier alpha value is -3.09. The molecule has 7 nitrogen and oxygen atoms in total. The van der Waals surface area contributed by atoms with Crippen molar-refractivity contribution < 1.29 is 4.42 Å². The second kappa shape index (κ2) is 8.29. The Bertz CT molecular complexity index is 944. The molecule has 0 saturated carbocycles. The van der Waals surface area contributed by atoms with Crippen LogP contribution in [0.3, 0.4) is 0 Å². The molecule has 0 bridgehead atoms. The van der Waals surface area contributed by atoms with Crippen molar-refractivity contribution in [1.82, 2.24) is 20.2 Å². The molecule has 0 aliphatic carbocycles. The highest BCUT2D eigenvalue weighted by Crippen LogP contribution is 2.25. The molecule has 0 unspecified atom stereocenters. The van der Waals surface area contributed by atoms with Crippen LogP contribution in [0.25, 0.3) is 11.0 Å². The van der Waals surface area contributed by atoms with Gasteiger partial charge in [0, 0.05) is 56.1 Å². The lowest BCUT2D eigenvalue weighted by atomic mass is 10.1. The van der Waals surface area contributed by atoms with Gasteiger partial charge in [0.15, 0.2) is 5.96 Å². The summed E-state index contributed by atoms with van der Waals surface area (Å²) in [5.41, 5.74) is 2.09. The fourth-order valence-corrected chi connectivity index (χ4v) is 3.52. The molecule has 0 amide bonds. The minimum Gasteiger partial charge on any atom is -0.459 e. The highest BCUT2D eigenvalue weighted by molar-refractivity contribution is 5.82. The van der Waals surface area contributed by atoms with Crippen molar-refractivity contribution in [1.29, 1.82) is 0 Å². The number of rotatable bonds is 4. The van der Waals surface area contributed by atoms with E-state index in [1.54, 1.807) is 12.4 Å². The number of fused-ring (bicyclic) bond motifs is 1. The van der Waals surface area contributed by atoms with Crippen LogP contribution in [0.2, 0.25) is 0 Å². The number of para-hydroxylation sites is 1. The molecule has 1 aliphatic heterocycles. The smallest absolute Gasteiger partial charge is 0.225 e. The third-order valence-corrected chi connectivity index (χ3v) is 5.06. The molecule has 146 valence electrons. The van der Waals surface area contributed by atoms with Gasteiger partial charge >= 0.3 is 0 Å². The highest BCUT2D eigenvalue weighted by atomic mass is 16.3. The van der Waals surface area contributed by atoms with Crippen LogP contribution in [0.15, 0.2) is 52.1 Å². The number of nitrogens with zero attached hydrogens (tertiary/aromatic N) is 5. The lowest BCUT2D eigenvalue weighted by molar-refractivity contribution is 0.369. The van der Waals surface area contributed by atoms with Crippen LogP contribution in [0.4, 0.5) is 5.95 Å². The number of hydrogen-bond acceptors (Lipinski definition) is 5. The predicted molar refractivity (Wildman–Crippen MR) is 112 cm³/mol. The average molecular weight is 378 g/mol. The van der Waals surface area contributed by atoms with E-state index < -0.39 is 0 Å². The number of aliphatic imine (C=N–C) groups is 1. The fraction of sp³-hybridized carbons (Fsp3) is 0.381. The van der Waals surface area contributed by atoms with Gasteiger partial charge in [0.05, 0.1) is 0 Å². The first kappa shape index (κ1) is 18.3. The van der Waals surface area contributed by atoms with E-state index in [9.17, 15) is 0 Å². The number of furan rings is 1. The monoisotopic (exact) mass is 378 g/mol. The molecule has 0 spiro atoms. The molecule has 3 heterocycles. The summed E-state index contributed by atoms with van der Waals surface area (Å²) >= 11 is 0. The van der Waals surface area contributed by atoms with Crippen LogP contribution in [-0.4, -0.2) is 53.6 Å². The Morgan fingerprint density at radius 1 is 1.11 bits per heavy atom. The van der Waals surface area contributed by atoms with E-state index in [2.05, 4.69) is 45.0 Å². The van der Waals surface area contributed by atoms with E-state index in [0.29, 0.717) is 6.54 Å². The Labute approximate surface area is 165 Å². The third-order valence-electron chi connectivity index (χ3n) is 5.06. The Morgan fingerprint density at radius 2 is 1.86 bits per heavy atom. The van der Waals surface area contributed by atoms with E-state index in [4.69, 9.17) is 9.41 Å². The first-order chi connectivity index (χ1) is 13.8. The van der Waals surface area contributed by atoms with E-state index in [1.807, 2.05) is 24.3 Å². The van der Waals surface area contributed by atoms with Gasteiger partial charge in [-0.1, -0.05) is 18.2 Å². The lowest BCUT2D eigenvalue weighted by Gasteiger charge is -2.36. The van der Waals surface area contributed by atoms with Crippen LogP contribution in [0.1, 0.15) is 18.2 Å². The zero-order valence-electron chi connectivity index (χ0n) is 16.4. The molecule has 7 heteroatoms. The molecule has 1 N–H and O–H groups in total. The molecule has 1 aromatic carbocycles. The van der Waals surface area contributed by atoms with E-state index in [-0.39, 0.29) is 0 Å². The highest BCUT2D eigenvalue weighted by Gasteiger charge is 2.21. The summed E-state index contributed by atoms with van der Waals surface area (Å²) in [5, 5.41) is 4.58. The van der Waals surface area contributed by atoms with Crippen LogP contribution in [0, 0.1) is 6.92 Å². The number of aromatic nitrogens is 2. The maximum Gasteiger partial charge on any atom is 0.225 e. The summed E-state index contributed by atoms with van der Waals surface area (Å²) in [6, 6.07) is 9.98. The first-order valence-electron chi connectivity index (χ1n) is 9.78. The van der Waals surface area contributed by atoms with Crippen molar-refractivity contribution in [2.45, 2.75) is 20.4 Å². The second-order valence-electron chi connectivity index (χ2n) is 6.84. The fourth-order valence-electron chi connectivity index (χ4n) is 3.52. The van der Waals surface area contributed by atoms with Crippen molar-refractivity contribution in [2.24, 2.45) is 4.99 Å². The van der Waals surface area contributed by atoms with Gasteiger partial charge < -0.3 is 19.5 Å². The van der Waals surface area contributed by atoms with Crippen molar-refractivity contribution in [2.75, 3.05) is 37.6 Å². The summed E-state index contributed by atoms with van der Waals surface area (Å²) in [6.45, 7) is 9.06. The molecule has 2 aromatic heterocycles. The number of anilines is 1. The molecule has 3 aromatic rings. The van der Waals surface area contributed by atoms with Crippen LogP contribution < -0.4 is 10.2 Å². The maximum absolute atomic E-state index is 6.01. The van der Waals surface area contributed by atoms with Gasteiger partial charge in [-0.15, -0.1) is 0 Å². The SMILES string of the molecule is CCNC(=NCc1oc2ccccc2c1C)N1CCN(c2ncccn2)CC1. The molecule has 1 aliphatic rings. The van der Waals surface area contributed by atoms with Crippen molar-refractivity contribution in [3.05, 3.63) is 54.0 Å². The van der Waals surface area contributed by atoms with Gasteiger partial charge in [-0.3, -0.25) is 0 Å². The second-order valence-corrected chi connectivity index (χ2v) is 6.84. The molecule has 0 atom stereocenters. The maximum atomic E-state index is 6.01. The topological polar surface area (TPSA) is 69.8 Å². The van der Waals surface area contributed by atoms with Gasteiger partial charge in [-0.2, -0.15) is 0 Å². The van der Waals surface area contributed by atoms with Gasteiger partial charge in [-0.25, -0.2) is 15.0 Å². The number of hydrogen-bond donors (Lipinski definition) is 1. The van der Waals surface area contributed by atoms with Gasteiger partial charge in [0.2, 0.25) is 5.95 Å². The zero-order valence-corrected chi connectivity index (χ0v) is 16.4. The van der Waals surface area contributed by atoms with Crippen LogP contribution in [0.5, 0.6) is 0 Å². The largest absolute Gasteiger partial charge is 0.459 e. The standard InChI is InChI=1S/C21H26N6O/c1-3-22-20(25-15-19-16(2)17-7-4-5-8-18(17)28-19)26-11-13-27(14-12-26)21-23-9-6-10-24-21/h4-10H,3,11-15H2,1-2H3,(H,22,25). The number of aryl methyl sites for hydroxylation is 1. The number of benzene rings is 1. The Balaban J connectivity index is 1.45. The lowest BCUT2D eigenvalue weighted by Crippen LogP contribution is -2.52. The van der Waals surface area contributed by atoms with Crippen LogP contribution >= 0.6 is 0 Å². The average Bonchev–Trinajstić information content (AvgIpc) is 3.08. The Kier molecular flexibility index (Phi) is 5.41. The quantitative estimate of drug-likeness (QED) is 0.556. The van der Waals surface area contributed by atoms with Crippen molar-refractivity contribution in [3.8, 4) is 0 Å². The molecule has 28 heavy (non-hydrogen) atoms. The van der Waals surface area contributed by atoms with Gasteiger partial charge in [-0.05, 0) is 26.0 Å². The minimum atomic E-state index is 0.533. The summed E-state index contributed by atoms with van der Waals surface area (Å²) in [4.78, 5) is 18.1. The first-order valence-corrected chi connectivity index (χ1v) is 9.78. The van der Waals surface area contributed by atoms with Crippen molar-refractivity contribution >= 4 is 22.9 Å². The molecule has 1 fully saturated rings. The van der Waals surface area contributed by atoms with Crippen molar-refractivity contribution in [3.63, 3.8) is 0 Å². The van der Waals surface area contributed by atoms with Crippen LogP contribution in [-0.2, 0) is 6.54 Å². The molecule has 4 rings (SSSR count). The number of nitrogens with one attached hydrogen (secondary N) is 1. The predicted octanol–water partition coefficient (Wildman–Crippen LogP) is 2.82. The summed E-state index contributed by atoms with van der Waals surface area (Å²) < 4.78 is 6.01. The minimum absolute atomic E-state index is 0.533. The summed E-state index contributed by atoms with van der Waals surface area (Å²) in [7, 11) is 0. The molecular weight excluding hydrogens is 352 g/mol. The van der Waals surface area contributed by atoms with E-state index >= 15 is 0 Å². The Morgan fingerprint density at radius 3 is 2.57 bits per heavy atom. The normalized spacial score (nSPS) is 15.3. The number of piperazine rings is 1. The number of guanidine groups is 1. The third kappa shape index (κ3) is 3.78. The van der Waals surface area contributed by atoms with Gasteiger partial charge in [0.25, 0.3) is 0 Å². The zero-order chi connectivity index (χ0) is 19.3. The molecule has 0 radical (unpaired) electrons. The van der Waals surface area contributed by atoms with Gasteiger partial charge in [0.1, 0.15) is 17.9 Å². The van der Waals surface area contributed by atoms with E-state index in [0.717, 1.165) is 61.4 Å². The molecule has 1 saturated heterocycles. The summed E-state index contributed by atoms with van der Waals surface area (Å²) in [5.74, 6) is 2.64. The van der Waals surface area contributed by atoms with E-state index in [1.165, 1.54) is 5.56 Å². The summed E-state index contributed by atoms with van der Waals surface area (Å²) in [6.07, 6.45) is 3.58.